The van der Waals surface area contributed by atoms with Crippen molar-refractivity contribution in [2.45, 2.75) is 24.1 Å². The van der Waals surface area contributed by atoms with E-state index in [2.05, 4.69) is 15.3 Å². The van der Waals surface area contributed by atoms with Gasteiger partial charge in [-0.15, -0.1) is 0 Å². The van der Waals surface area contributed by atoms with Crippen LogP contribution in [0.3, 0.4) is 0 Å². The molecule has 2 heterocycles. The summed E-state index contributed by atoms with van der Waals surface area (Å²) in [6, 6.07) is 4.83. The number of carboxylic acids is 2. The summed E-state index contributed by atoms with van der Waals surface area (Å²) < 4.78 is 5.05. The molecule has 0 bridgehead atoms. The normalized spacial score (nSPS) is 26.3. The number of benzene rings is 1. The Morgan fingerprint density at radius 2 is 1.90 bits per heavy atom. The summed E-state index contributed by atoms with van der Waals surface area (Å²) in [5.41, 5.74) is 0.719. The number of nitrogens with one attached hydrogen (secondary N) is 2. The zero-order chi connectivity index (χ0) is 21.8. The fourth-order valence-corrected chi connectivity index (χ4v) is 2.45. The lowest BCUT2D eigenvalue weighted by molar-refractivity contribution is -0.313. The molecule has 2 aromatic rings. The smallest absolute Gasteiger partial charge is 0.414 e. The number of rotatable bonds is 3. The highest BCUT2D eigenvalue weighted by atomic mass is 16.6. The van der Waals surface area contributed by atoms with E-state index in [1.54, 1.807) is 18.2 Å². The van der Waals surface area contributed by atoms with Gasteiger partial charge in [0.1, 0.15) is 18.3 Å². The molecule has 13 nitrogen and oxygen atoms in total. The van der Waals surface area contributed by atoms with Crippen LogP contribution in [0.25, 0.3) is 10.9 Å². The lowest BCUT2D eigenvalue weighted by atomic mass is 9.97. The highest BCUT2D eigenvalue weighted by Gasteiger charge is 2.48. The molecule has 1 aromatic heterocycles. The summed E-state index contributed by atoms with van der Waals surface area (Å²) in [6.07, 6.45) is -3.15. The van der Waals surface area contributed by atoms with Gasteiger partial charge in [0, 0.05) is 5.69 Å². The summed E-state index contributed by atoms with van der Waals surface area (Å²) >= 11 is 0. The fraction of sp³-hybridized carbons (Fsp3) is 0.375. The Balaban J connectivity index is 0.000000438. The number of aromatic nitrogens is 2. The molecule has 29 heavy (non-hydrogen) atoms. The highest BCUT2D eigenvalue weighted by molar-refractivity contribution is 6.27. The van der Waals surface area contributed by atoms with Gasteiger partial charge in [-0.1, -0.05) is 0 Å². The highest BCUT2D eigenvalue weighted by Crippen LogP contribution is 2.25. The second-order valence-corrected chi connectivity index (χ2v) is 6.09. The van der Waals surface area contributed by atoms with Crippen molar-refractivity contribution in [3.8, 4) is 0 Å². The molecular formula is C16H19N3O10. The molecule has 4 atom stereocenters. The Morgan fingerprint density at radius 1 is 1.24 bits per heavy atom. The second-order valence-electron chi connectivity index (χ2n) is 6.09. The van der Waals surface area contributed by atoms with Gasteiger partial charge in [0.2, 0.25) is 5.79 Å². The Morgan fingerprint density at radius 3 is 2.52 bits per heavy atom. The molecule has 3 rings (SSSR count). The molecule has 0 saturated carbocycles. The van der Waals surface area contributed by atoms with E-state index < -0.39 is 36.0 Å². The van der Waals surface area contributed by atoms with E-state index in [-0.39, 0.29) is 18.7 Å². The monoisotopic (exact) mass is 413 g/mol. The maximum absolute atomic E-state index is 11.7. The Labute approximate surface area is 161 Å². The number of hydrogen-bond acceptors (Lipinski definition) is 10. The average Bonchev–Trinajstić information content (AvgIpc) is 2.69. The van der Waals surface area contributed by atoms with E-state index in [9.17, 15) is 25.2 Å². The number of aliphatic hydroxyl groups excluding tert-OH is 3. The standard InChI is InChI=1S/C14H17N3O6.C2H2O4/c18-10-4-23-14(22,12(20)11(10)19)5-15-7-1-2-9-8(3-7)13(21)17-6-16-9;3-1(4)2(5)6/h1-3,6,10-12,15,18-20,22H,4-5H2,(H,16,17,21);(H,3,4)(H,5,6). The first-order valence-electron chi connectivity index (χ1n) is 8.13. The van der Waals surface area contributed by atoms with Gasteiger partial charge in [-0.2, -0.15) is 0 Å². The molecule has 1 saturated heterocycles. The topological polar surface area (TPSA) is 223 Å². The van der Waals surface area contributed by atoms with Crippen LogP contribution in [0.4, 0.5) is 5.69 Å². The van der Waals surface area contributed by atoms with E-state index in [0.717, 1.165) is 0 Å². The largest absolute Gasteiger partial charge is 0.473 e. The zero-order valence-electron chi connectivity index (χ0n) is 14.7. The number of anilines is 1. The van der Waals surface area contributed by atoms with Gasteiger partial charge in [0.15, 0.2) is 0 Å². The van der Waals surface area contributed by atoms with Crippen molar-refractivity contribution >= 4 is 28.5 Å². The van der Waals surface area contributed by atoms with Gasteiger partial charge >= 0.3 is 11.9 Å². The van der Waals surface area contributed by atoms with Crippen LogP contribution in [-0.4, -0.2) is 89.8 Å². The minimum Gasteiger partial charge on any atom is -0.473 e. The number of hydrogen-bond donors (Lipinski definition) is 8. The number of nitrogens with zero attached hydrogens (tertiary/aromatic N) is 1. The van der Waals surface area contributed by atoms with Crippen molar-refractivity contribution in [2.24, 2.45) is 0 Å². The van der Waals surface area contributed by atoms with Gasteiger partial charge in [0.05, 0.1) is 30.4 Å². The number of aliphatic carboxylic acids is 2. The number of carbonyl (C=O) groups is 2. The predicted octanol–water partition coefficient (Wildman–Crippen LogP) is -2.71. The molecule has 4 unspecified atom stereocenters. The van der Waals surface area contributed by atoms with Crippen LogP contribution in [0.15, 0.2) is 29.3 Å². The lowest BCUT2D eigenvalue weighted by Gasteiger charge is -2.41. The summed E-state index contributed by atoms with van der Waals surface area (Å²) in [4.78, 5) is 36.4. The predicted molar refractivity (Wildman–Crippen MR) is 95.0 cm³/mol. The number of aliphatic hydroxyl groups is 4. The summed E-state index contributed by atoms with van der Waals surface area (Å²) in [7, 11) is 0. The quantitative estimate of drug-likeness (QED) is 0.241. The van der Waals surface area contributed by atoms with Gasteiger partial charge < -0.3 is 45.7 Å². The molecular weight excluding hydrogens is 394 g/mol. The third-order valence-electron chi connectivity index (χ3n) is 4.05. The van der Waals surface area contributed by atoms with Crippen molar-refractivity contribution in [1.29, 1.82) is 0 Å². The van der Waals surface area contributed by atoms with E-state index in [4.69, 9.17) is 24.5 Å². The number of carboxylic acid groups (broad SMARTS) is 2. The summed E-state index contributed by atoms with van der Waals surface area (Å²) in [5.74, 6) is -5.71. The molecule has 1 aromatic carbocycles. The fourth-order valence-electron chi connectivity index (χ4n) is 2.45. The van der Waals surface area contributed by atoms with E-state index >= 15 is 0 Å². The van der Waals surface area contributed by atoms with E-state index in [1.165, 1.54) is 6.33 Å². The molecule has 158 valence electrons. The molecule has 0 spiro atoms. The van der Waals surface area contributed by atoms with Crippen LogP contribution >= 0.6 is 0 Å². The molecule has 1 aliphatic heterocycles. The third kappa shape index (κ3) is 5.24. The van der Waals surface area contributed by atoms with E-state index in [0.29, 0.717) is 16.6 Å². The number of ether oxygens (including phenoxy) is 1. The number of H-pyrrole nitrogens is 1. The first kappa shape index (κ1) is 22.2. The van der Waals surface area contributed by atoms with Crippen molar-refractivity contribution in [2.75, 3.05) is 18.5 Å². The van der Waals surface area contributed by atoms with Crippen LogP contribution < -0.4 is 10.9 Å². The maximum atomic E-state index is 11.7. The molecule has 0 aliphatic carbocycles. The lowest BCUT2D eigenvalue weighted by Crippen LogP contribution is -2.63. The molecule has 1 aliphatic rings. The molecule has 13 heteroatoms. The van der Waals surface area contributed by atoms with Gasteiger partial charge in [-0.25, -0.2) is 14.6 Å². The van der Waals surface area contributed by atoms with Crippen LogP contribution in [0.5, 0.6) is 0 Å². The third-order valence-corrected chi connectivity index (χ3v) is 4.05. The SMILES string of the molecule is O=C(O)C(=O)O.O=c1[nH]cnc2ccc(NCC3(O)OCC(O)C(O)C3O)cc12. The Hall–Kier alpha value is -3.10. The average molecular weight is 413 g/mol. The molecule has 0 amide bonds. The molecule has 0 radical (unpaired) electrons. The minimum absolute atomic E-state index is 0.248. The van der Waals surface area contributed by atoms with Crippen LogP contribution in [0, 0.1) is 0 Å². The molecule has 1 fully saturated rings. The number of aromatic amines is 1. The second kappa shape index (κ2) is 8.93. The minimum atomic E-state index is -2.06. The maximum Gasteiger partial charge on any atom is 0.414 e. The Kier molecular flexibility index (Phi) is 6.84. The van der Waals surface area contributed by atoms with Crippen molar-refractivity contribution < 1.29 is 45.0 Å². The van der Waals surface area contributed by atoms with Gasteiger partial charge in [-0.3, -0.25) is 4.79 Å². The first-order valence-corrected chi connectivity index (χ1v) is 8.13. The summed E-state index contributed by atoms with van der Waals surface area (Å²) in [5, 5.41) is 57.2. The van der Waals surface area contributed by atoms with Crippen molar-refractivity contribution in [3.05, 3.63) is 34.9 Å². The van der Waals surface area contributed by atoms with E-state index in [1.807, 2.05) is 0 Å². The summed E-state index contributed by atoms with van der Waals surface area (Å²) in [6.45, 7) is -0.556. The van der Waals surface area contributed by atoms with Crippen molar-refractivity contribution in [3.63, 3.8) is 0 Å². The zero-order valence-corrected chi connectivity index (χ0v) is 14.7. The molecule has 8 N–H and O–H groups in total. The first-order chi connectivity index (χ1) is 13.5. The van der Waals surface area contributed by atoms with Gasteiger partial charge in [0.25, 0.3) is 5.56 Å². The van der Waals surface area contributed by atoms with Crippen LogP contribution in [-0.2, 0) is 14.3 Å². The number of fused-ring (bicyclic) bond motifs is 1. The van der Waals surface area contributed by atoms with Crippen molar-refractivity contribution in [1.82, 2.24) is 9.97 Å². The van der Waals surface area contributed by atoms with Crippen LogP contribution in [0.2, 0.25) is 0 Å². The van der Waals surface area contributed by atoms with Gasteiger partial charge in [-0.05, 0) is 18.2 Å². The Bertz CT molecular complexity index is 936. The van der Waals surface area contributed by atoms with Crippen LogP contribution in [0.1, 0.15) is 0 Å².